The number of halogens is 2. The van der Waals surface area contributed by atoms with Crippen LogP contribution in [0.15, 0.2) is 72.1 Å². The molecular weight excluding hydrogens is 380 g/mol. The van der Waals surface area contributed by atoms with Crippen LogP contribution in [0.1, 0.15) is 34.9 Å². The molecule has 0 fully saturated rings. The molecule has 0 aliphatic rings. The number of hydrogen-bond acceptors (Lipinski definition) is 3. The minimum Gasteiger partial charge on any atom is -0.435 e. The lowest BCUT2D eigenvalue weighted by molar-refractivity contribution is -0.121. The summed E-state index contributed by atoms with van der Waals surface area (Å²) in [4.78, 5) is 13.8. The maximum Gasteiger partial charge on any atom is 0.387 e. The van der Waals surface area contributed by atoms with Crippen molar-refractivity contribution in [3.8, 4) is 5.75 Å². The Labute approximate surface area is 167 Å². The first-order chi connectivity index (χ1) is 13.6. The van der Waals surface area contributed by atoms with E-state index in [1.165, 1.54) is 17.0 Å². The van der Waals surface area contributed by atoms with Gasteiger partial charge in [0.05, 0.1) is 6.04 Å². The Balaban J connectivity index is 1.68. The molecule has 1 aromatic heterocycles. The first-order valence-electron chi connectivity index (χ1n) is 9.03. The number of alkyl halides is 2. The average Bonchev–Trinajstić information content (AvgIpc) is 3.21. The minimum atomic E-state index is -2.86. The van der Waals surface area contributed by atoms with Gasteiger partial charge in [-0.15, -0.1) is 11.3 Å². The third-order valence-corrected chi connectivity index (χ3v) is 5.22. The number of thiophene rings is 1. The largest absolute Gasteiger partial charge is 0.435 e. The van der Waals surface area contributed by atoms with E-state index in [9.17, 15) is 13.6 Å². The lowest BCUT2D eigenvalue weighted by Gasteiger charge is -2.20. The number of ether oxygens (including phenoxy) is 1. The van der Waals surface area contributed by atoms with Gasteiger partial charge in [0.1, 0.15) is 5.75 Å². The van der Waals surface area contributed by atoms with Gasteiger partial charge in [0.2, 0.25) is 5.91 Å². The van der Waals surface area contributed by atoms with Crippen LogP contribution in [0.4, 0.5) is 8.78 Å². The number of benzene rings is 2. The summed E-state index contributed by atoms with van der Waals surface area (Å²) in [6, 6.07) is 19.7. The van der Waals surface area contributed by atoms with Crippen molar-refractivity contribution in [2.75, 3.05) is 0 Å². The number of nitrogens with one attached hydrogen (secondary N) is 1. The van der Waals surface area contributed by atoms with Crippen LogP contribution in [0, 0.1) is 0 Å². The summed E-state index contributed by atoms with van der Waals surface area (Å²) >= 11 is 1.69. The fourth-order valence-electron chi connectivity index (χ4n) is 2.96. The van der Waals surface area contributed by atoms with Crippen molar-refractivity contribution >= 4 is 17.2 Å². The Morgan fingerprint density at radius 2 is 1.68 bits per heavy atom. The van der Waals surface area contributed by atoms with Gasteiger partial charge in [0.15, 0.2) is 0 Å². The highest BCUT2D eigenvalue weighted by atomic mass is 32.1. The Morgan fingerprint density at radius 3 is 2.32 bits per heavy atom. The minimum absolute atomic E-state index is 0.0432. The Bertz CT molecular complexity index is 852. The normalized spacial score (nSPS) is 12.0. The van der Waals surface area contributed by atoms with Gasteiger partial charge >= 0.3 is 6.61 Å². The predicted octanol–water partition coefficient (Wildman–Crippen LogP) is 5.58. The molecule has 3 nitrogen and oxygen atoms in total. The maximum absolute atomic E-state index is 12.5. The van der Waals surface area contributed by atoms with Gasteiger partial charge in [-0.2, -0.15) is 8.78 Å². The second-order valence-electron chi connectivity index (χ2n) is 6.29. The molecule has 3 aromatic rings. The topological polar surface area (TPSA) is 38.3 Å². The van der Waals surface area contributed by atoms with Crippen molar-refractivity contribution in [1.82, 2.24) is 5.32 Å². The van der Waals surface area contributed by atoms with E-state index in [0.717, 1.165) is 24.0 Å². The Kier molecular flexibility index (Phi) is 7.14. The van der Waals surface area contributed by atoms with Gasteiger partial charge in [-0.25, -0.2) is 0 Å². The third kappa shape index (κ3) is 5.89. The molecule has 1 unspecified atom stereocenters. The van der Waals surface area contributed by atoms with Gasteiger partial charge in [-0.05, 0) is 47.5 Å². The van der Waals surface area contributed by atoms with Crippen LogP contribution in [0.5, 0.6) is 5.75 Å². The molecule has 146 valence electrons. The zero-order valence-electron chi connectivity index (χ0n) is 15.2. The number of carbonyl (C=O) groups is 1. The molecule has 0 spiro atoms. The average molecular weight is 401 g/mol. The molecule has 2 aromatic carbocycles. The molecule has 1 N–H and O–H groups in total. The van der Waals surface area contributed by atoms with Crippen molar-refractivity contribution in [2.45, 2.75) is 31.9 Å². The zero-order chi connectivity index (χ0) is 19.8. The van der Waals surface area contributed by atoms with Crippen molar-refractivity contribution in [2.24, 2.45) is 0 Å². The summed E-state index contributed by atoms with van der Waals surface area (Å²) in [5.41, 5.74) is 1.73. The summed E-state index contributed by atoms with van der Waals surface area (Å²) in [5, 5.41) is 5.10. The number of carbonyl (C=O) groups excluding carboxylic acids is 1. The van der Waals surface area contributed by atoms with Gasteiger partial charge in [-0.1, -0.05) is 48.5 Å². The number of hydrogen-bond donors (Lipinski definition) is 1. The second kappa shape index (κ2) is 9.99. The highest BCUT2D eigenvalue weighted by Gasteiger charge is 2.17. The zero-order valence-corrected chi connectivity index (χ0v) is 16.0. The van der Waals surface area contributed by atoms with E-state index in [2.05, 4.69) is 16.1 Å². The lowest BCUT2D eigenvalue weighted by atomic mass is 9.98. The van der Waals surface area contributed by atoms with Crippen LogP contribution < -0.4 is 10.1 Å². The quantitative estimate of drug-likeness (QED) is 0.508. The number of aryl methyl sites for hydroxylation is 1. The van der Waals surface area contributed by atoms with E-state index in [1.807, 2.05) is 41.8 Å². The van der Waals surface area contributed by atoms with Gasteiger partial charge in [0.25, 0.3) is 0 Å². The molecule has 1 atom stereocenters. The highest BCUT2D eigenvalue weighted by Crippen LogP contribution is 2.25. The smallest absolute Gasteiger partial charge is 0.387 e. The summed E-state index contributed by atoms with van der Waals surface area (Å²) in [6.07, 6.45) is 2.07. The van der Waals surface area contributed by atoms with Crippen molar-refractivity contribution in [3.05, 3.63) is 88.1 Å². The van der Waals surface area contributed by atoms with Gasteiger partial charge < -0.3 is 10.1 Å². The summed E-state index contributed by atoms with van der Waals surface area (Å²) in [7, 11) is 0. The third-order valence-electron chi connectivity index (χ3n) is 4.28. The molecule has 6 heteroatoms. The lowest BCUT2D eigenvalue weighted by Crippen LogP contribution is -2.29. The van der Waals surface area contributed by atoms with E-state index in [4.69, 9.17) is 0 Å². The van der Waals surface area contributed by atoms with Gasteiger partial charge in [-0.3, -0.25) is 4.79 Å². The summed E-state index contributed by atoms with van der Waals surface area (Å²) in [6.45, 7) is -2.86. The summed E-state index contributed by atoms with van der Waals surface area (Å²) in [5.74, 6) is 0.0474. The molecule has 0 aliphatic carbocycles. The van der Waals surface area contributed by atoms with E-state index in [-0.39, 0.29) is 17.7 Å². The van der Waals surface area contributed by atoms with Crippen molar-refractivity contribution in [1.29, 1.82) is 0 Å². The maximum atomic E-state index is 12.5. The monoisotopic (exact) mass is 401 g/mol. The Hall–Kier alpha value is -2.73. The van der Waals surface area contributed by atoms with Crippen LogP contribution in [0.25, 0.3) is 0 Å². The molecule has 0 saturated carbocycles. The molecule has 0 bridgehead atoms. The molecule has 0 aliphatic heterocycles. The van der Waals surface area contributed by atoms with E-state index >= 15 is 0 Å². The first kappa shape index (κ1) is 20.0. The number of amides is 1. The van der Waals surface area contributed by atoms with Crippen molar-refractivity contribution < 1.29 is 18.3 Å². The summed E-state index contributed by atoms with van der Waals surface area (Å²) < 4.78 is 29.1. The Morgan fingerprint density at radius 1 is 0.964 bits per heavy atom. The van der Waals surface area contributed by atoms with Gasteiger partial charge in [0, 0.05) is 11.3 Å². The van der Waals surface area contributed by atoms with E-state index in [0.29, 0.717) is 6.42 Å². The van der Waals surface area contributed by atoms with Crippen LogP contribution >= 0.6 is 11.3 Å². The molecule has 3 rings (SSSR count). The van der Waals surface area contributed by atoms with E-state index < -0.39 is 6.61 Å². The molecule has 1 amide bonds. The van der Waals surface area contributed by atoms with E-state index in [1.54, 1.807) is 23.5 Å². The second-order valence-corrected chi connectivity index (χ2v) is 7.32. The molecule has 0 radical (unpaired) electrons. The van der Waals surface area contributed by atoms with Crippen LogP contribution in [-0.2, 0) is 11.2 Å². The fraction of sp³-hybridized carbons (Fsp3) is 0.227. The fourth-order valence-corrected chi connectivity index (χ4v) is 3.71. The van der Waals surface area contributed by atoms with Crippen LogP contribution in [0.2, 0.25) is 0 Å². The van der Waals surface area contributed by atoms with Crippen LogP contribution in [-0.4, -0.2) is 12.5 Å². The molecule has 28 heavy (non-hydrogen) atoms. The molecule has 1 heterocycles. The predicted molar refractivity (Wildman–Crippen MR) is 107 cm³/mol. The molecular formula is C22H21F2NO2S. The first-order valence-corrected chi connectivity index (χ1v) is 9.91. The SMILES string of the molecule is O=C(CCCc1cccs1)NC(c1ccccc1)c1ccc(OC(F)F)cc1. The highest BCUT2D eigenvalue weighted by molar-refractivity contribution is 7.09. The van der Waals surface area contributed by atoms with Crippen molar-refractivity contribution in [3.63, 3.8) is 0 Å². The van der Waals surface area contributed by atoms with Crippen LogP contribution in [0.3, 0.4) is 0 Å². The molecule has 0 saturated heterocycles. The standard InChI is InChI=1S/C22H21F2NO2S/c23-22(24)27-18-13-11-17(12-14-18)21(16-6-2-1-3-7-16)25-20(26)10-4-8-19-9-5-15-28-19/h1-3,5-7,9,11-15,21-22H,4,8,10H2,(H,25,26). The number of rotatable bonds is 9.